The van der Waals surface area contributed by atoms with Crippen molar-refractivity contribution in [2.45, 2.75) is 52.0 Å². The Kier molecular flexibility index (Phi) is 7.45. The summed E-state index contributed by atoms with van der Waals surface area (Å²) < 4.78 is 5.28. The van der Waals surface area contributed by atoms with E-state index >= 15 is 0 Å². The summed E-state index contributed by atoms with van der Waals surface area (Å²) in [7, 11) is 2.01. The zero-order valence-electron chi connectivity index (χ0n) is 17.5. The Morgan fingerprint density at radius 3 is 2.52 bits per heavy atom. The van der Waals surface area contributed by atoms with E-state index in [0.29, 0.717) is 29.8 Å². The van der Waals surface area contributed by atoms with E-state index in [1.54, 1.807) is 6.92 Å². The Bertz CT molecular complexity index is 838. The summed E-state index contributed by atoms with van der Waals surface area (Å²) in [4.78, 5) is 27.5. The summed E-state index contributed by atoms with van der Waals surface area (Å²) in [6.45, 7) is 4.43. The minimum Gasteiger partial charge on any atom is -0.462 e. The number of rotatable bonds is 7. The van der Waals surface area contributed by atoms with Crippen LogP contribution in [0.2, 0.25) is 0 Å². The number of benzene rings is 1. The molecule has 1 heterocycles. The normalized spacial score (nSPS) is 14.8. The van der Waals surface area contributed by atoms with Crippen molar-refractivity contribution >= 4 is 28.2 Å². The molecule has 5 nitrogen and oxygen atoms in total. The molecule has 3 rings (SSSR count). The summed E-state index contributed by atoms with van der Waals surface area (Å²) in [6, 6.07) is 8.47. The van der Waals surface area contributed by atoms with Gasteiger partial charge in [-0.2, -0.15) is 0 Å². The molecule has 0 saturated heterocycles. The van der Waals surface area contributed by atoms with Gasteiger partial charge >= 0.3 is 5.97 Å². The van der Waals surface area contributed by atoms with Crippen molar-refractivity contribution in [2.75, 3.05) is 25.5 Å². The molecule has 1 aliphatic rings. The maximum Gasteiger partial charge on any atom is 0.341 e. The number of thiophene rings is 1. The molecule has 1 amide bonds. The number of nitrogens with zero attached hydrogens (tertiary/aromatic N) is 1. The Hall–Kier alpha value is -2.18. The van der Waals surface area contributed by atoms with Crippen molar-refractivity contribution in [3.05, 3.63) is 40.8 Å². The van der Waals surface area contributed by atoms with E-state index in [2.05, 4.69) is 10.2 Å². The van der Waals surface area contributed by atoms with E-state index in [1.807, 2.05) is 43.6 Å². The first-order chi connectivity index (χ1) is 14.0. The van der Waals surface area contributed by atoms with Crippen molar-refractivity contribution in [1.82, 2.24) is 4.90 Å². The molecule has 1 N–H and O–H groups in total. The summed E-state index contributed by atoms with van der Waals surface area (Å²) in [5, 5.41) is 5.43. The monoisotopic (exact) mass is 414 g/mol. The van der Waals surface area contributed by atoms with E-state index < -0.39 is 5.97 Å². The van der Waals surface area contributed by atoms with Gasteiger partial charge in [-0.25, -0.2) is 4.79 Å². The number of hydrogen-bond donors (Lipinski definition) is 1. The molecule has 1 aromatic carbocycles. The second kappa shape index (κ2) is 10.0. The van der Waals surface area contributed by atoms with E-state index in [-0.39, 0.29) is 5.91 Å². The molecule has 1 aromatic heterocycles. The summed E-state index contributed by atoms with van der Waals surface area (Å²) in [6.07, 6.45) is 6.04. The number of amides is 1. The van der Waals surface area contributed by atoms with Crippen LogP contribution in [-0.2, 0) is 9.53 Å². The number of carbonyl (C=O) groups excluding carboxylic acids is 2. The van der Waals surface area contributed by atoms with Crippen molar-refractivity contribution < 1.29 is 14.3 Å². The third-order valence-electron chi connectivity index (χ3n) is 5.48. The number of likely N-dealkylation sites (N-methyl/N-ethyl adjacent to an activating group) is 1. The van der Waals surface area contributed by atoms with Crippen LogP contribution in [0.5, 0.6) is 0 Å². The molecule has 2 aromatic rings. The zero-order valence-corrected chi connectivity index (χ0v) is 18.3. The van der Waals surface area contributed by atoms with E-state index in [9.17, 15) is 9.59 Å². The lowest BCUT2D eigenvalue weighted by molar-refractivity contribution is -0.117. The van der Waals surface area contributed by atoms with Crippen LogP contribution < -0.4 is 5.32 Å². The van der Waals surface area contributed by atoms with Gasteiger partial charge in [0.25, 0.3) is 0 Å². The third kappa shape index (κ3) is 5.46. The van der Waals surface area contributed by atoms with Crippen molar-refractivity contribution in [3.8, 4) is 11.1 Å². The van der Waals surface area contributed by atoms with Crippen molar-refractivity contribution in [3.63, 3.8) is 0 Å². The molecule has 0 spiro atoms. The van der Waals surface area contributed by atoms with Gasteiger partial charge in [-0.1, -0.05) is 49.1 Å². The highest BCUT2D eigenvalue weighted by Gasteiger charge is 2.24. The molecule has 0 atom stereocenters. The lowest BCUT2D eigenvalue weighted by atomic mass is 9.94. The van der Waals surface area contributed by atoms with E-state index in [4.69, 9.17) is 4.74 Å². The van der Waals surface area contributed by atoms with Gasteiger partial charge in [-0.3, -0.25) is 9.69 Å². The Morgan fingerprint density at radius 1 is 1.17 bits per heavy atom. The SMILES string of the molecule is CCOC(=O)c1c(-c2ccc(C)cc2)csc1NC(=O)CN(C)C1CCCCC1. The fourth-order valence-electron chi connectivity index (χ4n) is 3.84. The standard InChI is InChI=1S/C23H30N2O3S/c1-4-28-23(27)21-19(17-12-10-16(2)11-13-17)15-29-22(21)24-20(26)14-25(3)18-8-6-5-7-9-18/h10-13,15,18H,4-9,14H2,1-3H3,(H,24,26). The quantitative estimate of drug-likeness (QED) is 0.640. The average Bonchev–Trinajstić information content (AvgIpc) is 3.12. The molecule has 1 saturated carbocycles. The second-order valence-corrected chi connectivity index (χ2v) is 8.57. The van der Waals surface area contributed by atoms with Gasteiger partial charge in [0.05, 0.1) is 13.2 Å². The van der Waals surface area contributed by atoms with Crippen LogP contribution in [0.3, 0.4) is 0 Å². The van der Waals surface area contributed by atoms with Crippen LogP contribution in [0.4, 0.5) is 5.00 Å². The molecule has 6 heteroatoms. The molecule has 0 radical (unpaired) electrons. The summed E-state index contributed by atoms with van der Waals surface area (Å²) >= 11 is 1.37. The van der Waals surface area contributed by atoms with Crippen LogP contribution in [0, 0.1) is 6.92 Å². The summed E-state index contributed by atoms with van der Waals surface area (Å²) in [5.74, 6) is -0.499. The molecule has 156 valence electrons. The fraction of sp³-hybridized carbons (Fsp3) is 0.478. The Labute approximate surface area is 177 Å². The van der Waals surface area contributed by atoms with Gasteiger partial charge in [-0.15, -0.1) is 11.3 Å². The Morgan fingerprint density at radius 2 is 1.86 bits per heavy atom. The van der Waals surface area contributed by atoms with E-state index in [1.165, 1.54) is 30.6 Å². The number of esters is 1. The number of hydrogen-bond acceptors (Lipinski definition) is 5. The van der Waals surface area contributed by atoms with Crippen LogP contribution >= 0.6 is 11.3 Å². The molecular formula is C23H30N2O3S. The van der Waals surface area contributed by atoms with Crippen LogP contribution in [-0.4, -0.2) is 43.0 Å². The maximum absolute atomic E-state index is 12.7. The molecule has 0 aliphatic heterocycles. The van der Waals surface area contributed by atoms with Crippen molar-refractivity contribution in [2.24, 2.45) is 0 Å². The van der Waals surface area contributed by atoms with Crippen molar-refractivity contribution in [1.29, 1.82) is 0 Å². The van der Waals surface area contributed by atoms with Gasteiger partial charge < -0.3 is 10.1 Å². The largest absolute Gasteiger partial charge is 0.462 e. The highest BCUT2D eigenvalue weighted by Crippen LogP contribution is 2.36. The third-order valence-corrected chi connectivity index (χ3v) is 6.37. The van der Waals surface area contributed by atoms with Gasteiger partial charge in [-0.05, 0) is 39.3 Å². The average molecular weight is 415 g/mol. The number of carbonyl (C=O) groups is 2. The molecular weight excluding hydrogens is 384 g/mol. The molecule has 1 fully saturated rings. The minimum atomic E-state index is -0.403. The van der Waals surface area contributed by atoms with Crippen LogP contribution in [0.15, 0.2) is 29.6 Å². The lowest BCUT2D eigenvalue weighted by Crippen LogP contribution is -2.39. The van der Waals surface area contributed by atoms with Gasteiger partial charge in [0.15, 0.2) is 0 Å². The number of nitrogens with one attached hydrogen (secondary N) is 1. The van der Waals surface area contributed by atoms with Gasteiger partial charge in [0.2, 0.25) is 5.91 Å². The second-order valence-electron chi connectivity index (χ2n) is 7.70. The van der Waals surface area contributed by atoms with E-state index in [0.717, 1.165) is 29.5 Å². The molecule has 1 aliphatic carbocycles. The van der Waals surface area contributed by atoms with Crippen LogP contribution in [0.25, 0.3) is 11.1 Å². The number of ether oxygens (including phenoxy) is 1. The highest BCUT2D eigenvalue weighted by atomic mass is 32.1. The number of anilines is 1. The fourth-order valence-corrected chi connectivity index (χ4v) is 4.82. The Balaban J connectivity index is 1.78. The van der Waals surface area contributed by atoms with Gasteiger partial charge in [0.1, 0.15) is 10.6 Å². The predicted molar refractivity (Wildman–Crippen MR) is 119 cm³/mol. The number of aryl methyl sites for hydroxylation is 1. The highest BCUT2D eigenvalue weighted by molar-refractivity contribution is 7.15. The summed E-state index contributed by atoms with van der Waals surface area (Å²) in [5.41, 5.74) is 3.33. The maximum atomic E-state index is 12.7. The first kappa shape index (κ1) is 21.5. The predicted octanol–water partition coefficient (Wildman–Crippen LogP) is 5.10. The lowest BCUT2D eigenvalue weighted by Gasteiger charge is -2.30. The molecule has 0 bridgehead atoms. The van der Waals surface area contributed by atoms with Crippen LogP contribution in [0.1, 0.15) is 54.9 Å². The molecule has 29 heavy (non-hydrogen) atoms. The molecule has 0 unspecified atom stereocenters. The zero-order chi connectivity index (χ0) is 20.8. The minimum absolute atomic E-state index is 0.0964. The topological polar surface area (TPSA) is 58.6 Å². The van der Waals surface area contributed by atoms with Gasteiger partial charge in [0, 0.05) is 17.0 Å². The first-order valence-corrected chi connectivity index (χ1v) is 11.2. The first-order valence-electron chi connectivity index (χ1n) is 10.3. The smallest absolute Gasteiger partial charge is 0.341 e.